The Kier molecular flexibility index (Phi) is 2.82. The second-order valence-electron chi connectivity index (χ2n) is 3.68. The molecule has 0 unspecified atom stereocenters. The number of hydrogen-bond acceptors (Lipinski definition) is 4. The number of anilines is 1. The van der Waals surface area contributed by atoms with Gasteiger partial charge in [0.2, 0.25) is 0 Å². The highest BCUT2D eigenvalue weighted by Gasteiger charge is 2.08. The SMILES string of the molecule is COC(=O)c1ccc(-n2ccc(N)n2)c(C)c1. The van der Waals surface area contributed by atoms with E-state index in [0.717, 1.165) is 11.3 Å². The molecule has 1 heterocycles. The van der Waals surface area contributed by atoms with Crippen LogP contribution in [0.15, 0.2) is 30.5 Å². The second-order valence-corrected chi connectivity index (χ2v) is 3.68. The number of nitrogens with zero attached hydrogens (tertiary/aromatic N) is 2. The zero-order valence-electron chi connectivity index (χ0n) is 9.68. The molecule has 0 amide bonds. The molecule has 0 saturated carbocycles. The average Bonchev–Trinajstić information content (AvgIpc) is 2.74. The number of benzene rings is 1. The highest BCUT2D eigenvalue weighted by molar-refractivity contribution is 5.89. The Balaban J connectivity index is 2.41. The lowest BCUT2D eigenvalue weighted by Gasteiger charge is -2.07. The van der Waals surface area contributed by atoms with E-state index in [2.05, 4.69) is 9.84 Å². The molecule has 5 nitrogen and oxygen atoms in total. The maximum absolute atomic E-state index is 11.4. The molecule has 0 spiro atoms. The average molecular weight is 231 g/mol. The Morgan fingerprint density at radius 1 is 1.41 bits per heavy atom. The van der Waals surface area contributed by atoms with Crippen LogP contribution in [0.1, 0.15) is 15.9 Å². The van der Waals surface area contributed by atoms with Gasteiger partial charge in [0.25, 0.3) is 0 Å². The normalized spacial score (nSPS) is 10.2. The number of esters is 1. The summed E-state index contributed by atoms with van der Waals surface area (Å²) in [5.74, 6) is 0.112. The summed E-state index contributed by atoms with van der Waals surface area (Å²) in [7, 11) is 1.36. The van der Waals surface area contributed by atoms with Crippen LogP contribution in [-0.4, -0.2) is 22.9 Å². The highest BCUT2D eigenvalue weighted by Crippen LogP contribution is 2.16. The Morgan fingerprint density at radius 2 is 2.18 bits per heavy atom. The third-order valence-corrected chi connectivity index (χ3v) is 2.47. The smallest absolute Gasteiger partial charge is 0.337 e. The number of aryl methyl sites for hydroxylation is 1. The van der Waals surface area contributed by atoms with Gasteiger partial charge in [-0.1, -0.05) is 0 Å². The van der Waals surface area contributed by atoms with E-state index in [-0.39, 0.29) is 5.97 Å². The minimum atomic E-state index is -0.348. The van der Waals surface area contributed by atoms with Crippen LogP contribution in [0.5, 0.6) is 0 Å². The quantitative estimate of drug-likeness (QED) is 0.796. The van der Waals surface area contributed by atoms with Crippen molar-refractivity contribution in [1.29, 1.82) is 0 Å². The van der Waals surface area contributed by atoms with E-state index in [1.54, 1.807) is 29.1 Å². The van der Waals surface area contributed by atoms with Crippen LogP contribution < -0.4 is 5.73 Å². The van der Waals surface area contributed by atoms with Crippen molar-refractivity contribution >= 4 is 11.8 Å². The van der Waals surface area contributed by atoms with E-state index in [0.29, 0.717) is 11.4 Å². The van der Waals surface area contributed by atoms with Gasteiger partial charge < -0.3 is 10.5 Å². The molecule has 0 fully saturated rings. The van der Waals surface area contributed by atoms with Crippen molar-refractivity contribution in [2.45, 2.75) is 6.92 Å². The fourth-order valence-corrected chi connectivity index (χ4v) is 1.63. The molecule has 2 rings (SSSR count). The number of rotatable bonds is 2. The summed E-state index contributed by atoms with van der Waals surface area (Å²) >= 11 is 0. The molecule has 2 N–H and O–H groups in total. The molecule has 1 aromatic carbocycles. The van der Waals surface area contributed by atoms with Gasteiger partial charge in [0, 0.05) is 12.3 Å². The van der Waals surface area contributed by atoms with Gasteiger partial charge in [-0.15, -0.1) is 0 Å². The van der Waals surface area contributed by atoms with Crippen LogP contribution in [0.2, 0.25) is 0 Å². The largest absolute Gasteiger partial charge is 0.465 e. The summed E-state index contributed by atoms with van der Waals surface area (Å²) in [5.41, 5.74) is 7.89. The van der Waals surface area contributed by atoms with Crippen LogP contribution in [0.25, 0.3) is 5.69 Å². The Hall–Kier alpha value is -2.30. The minimum Gasteiger partial charge on any atom is -0.465 e. The van der Waals surface area contributed by atoms with Crippen LogP contribution >= 0.6 is 0 Å². The zero-order chi connectivity index (χ0) is 12.4. The van der Waals surface area contributed by atoms with Crippen molar-refractivity contribution in [2.24, 2.45) is 0 Å². The Bertz CT molecular complexity index is 561. The molecule has 88 valence electrons. The van der Waals surface area contributed by atoms with Crippen molar-refractivity contribution < 1.29 is 9.53 Å². The van der Waals surface area contributed by atoms with Gasteiger partial charge in [0.1, 0.15) is 5.82 Å². The van der Waals surface area contributed by atoms with Crippen molar-refractivity contribution in [1.82, 2.24) is 9.78 Å². The van der Waals surface area contributed by atoms with Crippen LogP contribution in [0, 0.1) is 6.92 Å². The third kappa shape index (κ3) is 2.13. The fourth-order valence-electron chi connectivity index (χ4n) is 1.63. The minimum absolute atomic E-state index is 0.348. The number of carbonyl (C=O) groups excluding carboxylic acids is 1. The topological polar surface area (TPSA) is 70.1 Å². The van der Waals surface area contributed by atoms with E-state index in [9.17, 15) is 4.79 Å². The summed E-state index contributed by atoms with van der Waals surface area (Å²) in [5, 5.41) is 4.11. The number of nitrogen functional groups attached to an aromatic ring is 1. The van der Waals surface area contributed by atoms with Crippen molar-refractivity contribution in [3.8, 4) is 5.69 Å². The van der Waals surface area contributed by atoms with E-state index < -0.39 is 0 Å². The first-order chi connectivity index (χ1) is 8.11. The fraction of sp³-hybridized carbons (Fsp3) is 0.167. The molecule has 0 radical (unpaired) electrons. The molecule has 0 bridgehead atoms. The predicted octanol–water partition coefficient (Wildman–Crippen LogP) is 1.55. The standard InChI is InChI=1S/C12H13N3O2/c1-8-7-9(12(16)17-2)3-4-10(8)15-6-5-11(13)14-15/h3-7H,1-2H3,(H2,13,14). The van der Waals surface area contributed by atoms with Crippen LogP contribution in [-0.2, 0) is 4.74 Å². The molecule has 5 heteroatoms. The van der Waals surface area contributed by atoms with Crippen molar-refractivity contribution in [3.05, 3.63) is 41.6 Å². The number of methoxy groups -OCH3 is 1. The van der Waals surface area contributed by atoms with Gasteiger partial charge in [-0.3, -0.25) is 0 Å². The lowest BCUT2D eigenvalue weighted by atomic mass is 10.1. The summed E-state index contributed by atoms with van der Waals surface area (Å²) in [6, 6.07) is 6.99. The Morgan fingerprint density at radius 3 is 2.71 bits per heavy atom. The first-order valence-electron chi connectivity index (χ1n) is 5.12. The van der Waals surface area contributed by atoms with E-state index in [4.69, 9.17) is 5.73 Å². The van der Waals surface area contributed by atoms with Crippen molar-refractivity contribution in [3.63, 3.8) is 0 Å². The molecule has 0 saturated heterocycles. The molecule has 17 heavy (non-hydrogen) atoms. The molecule has 0 aliphatic rings. The van der Waals surface area contributed by atoms with Crippen LogP contribution in [0.3, 0.4) is 0 Å². The molecule has 0 aliphatic carbocycles. The van der Waals surface area contributed by atoms with E-state index >= 15 is 0 Å². The monoisotopic (exact) mass is 231 g/mol. The Labute approximate surface area is 98.8 Å². The summed E-state index contributed by atoms with van der Waals surface area (Å²) < 4.78 is 6.33. The van der Waals surface area contributed by atoms with E-state index in [1.807, 2.05) is 13.0 Å². The van der Waals surface area contributed by atoms with E-state index in [1.165, 1.54) is 7.11 Å². The first kappa shape index (κ1) is 11.2. The number of nitrogens with two attached hydrogens (primary N) is 1. The molecule has 2 aromatic rings. The van der Waals surface area contributed by atoms with Gasteiger partial charge >= 0.3 is 5.97 Å². The lowest BCUT2D eigenvalue weighted by Crippen LogP contribution is -2.04. The number of ether oxygens (including phenoxy) is 1. The second kappa shape index (κ2) is 4.29. The maximum atomic E-state index is 11.4. The maximum Gasteiger partial charge on any atom is 0.337 e. The third-order valence-electron chi connectivity index (χ3n) is 2.47. The number of aromatic nitrogens is 2. The number of carbonyl (C=O) groups is 1. The zero-order valence-corrected chi connectivity index (χ0v) is 9.68. The summed E-state index contributed by atoms with van der Waals surface area (Å²) in [6.45, 7) is 1.90. The van der Waals surface area contributed by atoms with Gasteiger partial charge in [0.15, 0.2) is 0 Å². The molecule has 0 aliphatic heterocycles. The lowest BCUT2D eigenvalue weighted by molar-refractivity contribution is 0.0600. The molecular formula is C12H13N3O2. The molecular weight excluding hydrogens is 218 g/mol. The summed E-state index contributed by atoms with van der Waals surface area (Å²) in [4.78, 5) is 11.4. The number of hydrogen-bond donors (Lipinski definition) is 1. The van der Waals surface area contributed by atoms with Gasteiger partial charge in [-0.05, 0) is 30.7 Å². The van der Waals surface area contributed by atoms with Crippen LogP contribution in [0.4, 0.5) is 5.82 Å². The molecule has 0 atom stereocenters. The molecule has 1 aromatic heterocycles. The summed E-state index contributed by atoms with van der Waals surface area (Å²) in [6.07, 6.45) is 1.77. The highest BCUT2D eigenvalue weighted by atomic mass is 16.5. The van der Waals surface area contributed by atoms with Gasteiger partial charge in [-0.25, -0.2) is 9.48 Å². The van der Waals surface area contributed by atoms with Gasteiger partial charge in [0.05, 0.1) is 18.4 Å². The predicted molar refractivity (Wildman–Crippen MR) is 64.1 cm³/mol. The first-order valence-corrected chi connectivity index (χ1v) is 5.12. The van der Waals surface area contributed by atoms with Crippen molar-refractivity contribution in [2.75, 3.05) is 12.8 Å². The van der Waals surface area contributed by atoms with Gasteiger partial charge in [-0.2, -0.15) is 5.10 Å².